The van der Waals surface area contributed by atoms with Crippen molar-refractivity contribution in [3.8, 4) is 5.75 Å². The van der Waals surface area contributed by atoms with Crippen molar-refractivity contribution in [1.29, 1.82) is 0 Å². The normalized spacial score (nSPS) is 18.1. The Bertz CT molecular complexity index is 1560. The molecule has 7 atom stereocenters. The van der Waals surface area contributed by atoms with Crippen molar-refractivity contribution in [3.05, 3.63) is 45.9 Å². The second-order valence-corrected chi connectivity index (χ2v) is 15.8. The van der Waals surface area contributed by atoms with Crippen LogP contribution in [0.15, 0.2) is 29.6 Å². The maximum Gasteiger partial charge on any atom is 0.306 e. The van der Waals surface area contributed by atoms with Gasteiger partial charge in [-0.15, -0.1) is 11.3 Å². The van der Waals surface area contributed by atoms with Crippen LogP contribution in [0.2, 0.25) is 6.32 Å². The standard InChI is InChI=1S/C39H58BN5O8S/c1-8-24(4)34(43-36(49)31-11-9-10-17-44(31)7)38(50)45(18-16-40)32(23(2)3)21-33(53-26(6)46)37-42-30(22-54-37)35(48)41-28(19-25(5)39(51)52)20-27-12-14-29(47)15-13-27/h12-15,22-25,28,31-34,47H,8-11,16-21H2,1-7H3,(H,41,48)(H,43,49)(H,51,52)/t24?,25?,28-,31+,32+,33+,34-/m0/s1. The van der Waals surface area contributed by atoms with Crippen molar-refractivity contribution >= 4 is 48.8 Å². The Morgan fingerprint density at radius 3 is 2.33 bits per heavy atom. The van der Waals surface area contributed by atoms with E-state index in [0.29, 0.717) is 17.8 Å². The first-order chi connectivity index (χ1) is 25.6. The van der Waals surface area contributed by atoms with Gasteiger partial charge in [-0.3, -0.25) is 28.9 Å². The van der Waals surface area contributed by atoms with Gasteiger partial charge in [0.25, 0.3) is 5.91 Å². The number of aromatic hydroxyl groups is 1. The van der Waals surface area contributed by atoms with Crippen LogP contribution in [0.5, 0.6) is 5.75 Å². The summed E-state index contributed by atoms with van der Waals surface area (Å²) in [6, 6.07) is 4.36. The summed E-state index contributed by atoms with van der Waals surface area (Å²) in [6.45, 7) is 11.7. The van der Waals surface area contributed by atoms with E-state index in [-0.39, 0.29) is 66.8 Å². The van der Waals surface area contributed by atoms with Gasteiger partial charge in [0.2, 0.25) is 11.8 Å². The summed E-state index contributed by atoms with van der Waals surface area (Å²) >= 11 is 1.14. The fourth-order valence-corrected chi connectivity index (χ4v) is 7.75. The number of likely N-dealkylation sites (tertiary alicyclic amines) is 1. The topological polar surface area (TPSA) is 178 Å². The molecule has 54 heavy (non-hydrogen) atoms. The van der Waals surface area contributed by atoms with Gasteiger partial charge in [0.15, 0.2) is 6.10 Å². The smallest absolute Gasteiger partial charge is 0.306 e. The molecule has 15 heteroatoms. The molecule has 4 N–H and O–H groups in total. The molecule has 1 aromatic carbocycles. The lowest BCUT2D eigenvalue weighted by Gasteiger charge is -2.40. The number of benzene rings is 1. The summed E-state index contributed by atoms with van der Waals surface area (Å²) in [6.07, 6.45) is 3.28. The van der Waals surface area contributed by atoms with E-state index in [9.17, 15) is 34.2 Å². The van der Waals surface area contributed by atoms with Crippen molar-refractivity contribution in [2.24, 2.45) is 17.8 Å². The van der Waals surface area contributed by atoms with Crippen LogP contribution in [0.25, 0.3) is 0 Å². The zero-order valence-corrected chi connectivity index (χ0v) is 33.6. The van der Waals surface area contributed by atoms with E-state index in [1.165, 1.54) is 19.1 Å². The highest BCUT2D eigenvalue weighted by Gasteiger charge is 2.38. The fraction of sp³-hybridized carbons (Fsp3) is 0.641. The number of aliphatic carboxylic acids is 1. The Kier molecular flexibility index (Phi) is 17.4. The number of carbonyl (C=O) groups is 5. The van der Waals surface area contributed by atoms with E-state index in [2.05, 4.69) is 15.6 Å². The molecule has 0 spiro atoms. The predicted molar refractivity (Wildman–Crippen MR) is 208 cm³/mol. The third kappa shape index (κ3) is 12.8. The molecule has 3 rings (SSSR count). The van der Waals surface area contributed by atoms with Gasteiger partial charge in [-0.1, -0.05) is 65.9 Å². The average Bonchev–Trinajstić information content (AvgIpc) is 3.62. The average molecular weight is 768 g/mol. The van der Waals surface area contributed by atoms with Crippen LogP contribution in [-0.4, -0.2) is 107 Å². The number of aromatic nitrogens is 1. The van der Waals surface area contributed by atoms with Crippen LogP contribution in [-0.2, 0) is 30.3 Å². The molecule has 0 aliphatic carbocycles. The first-order valence-electron chi connectivity index (χ1n) is 19.0. The number of piperidine rings is 1. The molecule has 296 valence electrons. The molecule has 2 aromatic rings. The summed E-state index contributed by atoms with van der Waals surface area (Å²) in [4.78, 5) is 74.0. The van der Waals surface area contributed by atoms with Crippen molar-refractivity contribution in [2.45, 2.75) is 123 Å². The number of nitrogens with one attached hydrogen (secondary N) is 2. The number of hydrogen-bond donors (Lipinski definition) is 4. The van der Waals surface area contributed by atoms with Crippen LogP contribution < -0.4 is 10.6 Å². The zero-order chi connectivity index (χ0) is 40.1. The van der Waals surface area contributed by atoms with E-state index >= 15 is 0 Å². The van der Waals surface area contributed by atoms with Crippen molar-refractivity contribution in [2.75, 3.05) is 20.1 Å². The molecule has 1 saturated heterocycles. The lowest BCUT2D eigenvalue weighted by molar-refractivity contribution is -0.149. The number of hydrogen-bond acceptors (Lipinski definition) is 10. The summed E-state index contributed by atoms with van der Waals surface area (Å²) in [5, 5.41) is 27.2. The van der Waals surface area contributed by atoms with Gasteiger partial charge in [-0.05, 0) is 68.8 Å². The summed E-state index contributed by atoms with van der Waals surface area (Å²) in [7, 11) is 8.01. The zero-order valence-electron chi connectivity index (χ0n) is 32.7. The molecule has 2 unspecified atom stereocenters. The molecule has 2 radical (unpaired) electrons. The maximum atomic E-state index is 14.5. The lowest BCUT2D eigenvalue weighted by Crippen LogP contribution is -2.58. The van der Waals surface area contributed by atoms with E-state index in [0.717, 1.165) is 42.7 Å². The second kappa shape index (κ2) is 21.2. The SMILES string of the molecule is [B]CCN(C(=O)[C@@H](NC(=O)[C@H]1CCCCN1C)C(C)CC)[C@H](C[C@@H](OC(C)=O)c1nc(C(=O)N[C@H](Cc2ccc(O)cc2)CC(C)C(=O)O)cs1)C(C)C. The molecule has 2 heterocycles. The molecular formula is C39H58BN5O8S. The first kappa shape index (κ1) is 44.4. The Morgan fingerprint density at radius 2 is 1.76 bits per heavy atom. The van der Waals surface area contributed by atoms with Crippen LogP contribution in [0.3, 0.4) is 0 Å². The van der Waals surface area contributed by atoms with Crippen LogP contribution in [0.1, 0.15) is 107 Å². The molecule has 1 fully saturated rings. The number of phenolic OH excluding ortho intramolecular Hbond substituents is 1. The van der Waals surface area contributed by atoms with E-state index in [4.69, 9.17) is 12.6 Å². The van der Waals surface area contributed by atoms with Gasteiger partial charge in [0, 0.05) is 37.4 Å². The fourth-order valence-electron chi connectivity index (χ4n) is 6.91. The minimum Gasteiger partial charge on any atom is -0.508 e. The summed E-state index contributed by atoms with van der Waals surface area (Å²) in [5.41, 5.74) is 0.881. The van der Waals surface area contributed by atoms with Crippen molar-refractivity contribution < 1.29 is 38.9 Å². The molecule has 0 bridgehead atoms. The number of thiazole rings is 1. The molecule has 1 aliphatic heterocycles. The number of esters is 1. The minimum atomic E-state index is -0.989. The number of rotatable bonds is 20. The number of carbonyl (C=O) groups excluding carboxylic acids is 4. The van der Waals surface area contributed by atoms with E-state index in [1.54, 1.807) is 29.3 Å². The van der Waals surface area contributed by atoms with Crippen molar-refractivity contribution in [1.82, 2.24) is 25.4 Å². The third-order valence-electron chi connectivity index (χ3n) is 10.3. The number of nitrogens with zero attached hydrogens (tertiary/aromatic N) is 3. The first-order valence-corrected chi connectivity index (χ1v) is 19.9. The maximum absolute atomic E-state index is 14.5. The highest BCUT2D eigenvalue weighted by molar-refractivity contribution is 7.09. The molecule has 0 saturated carbocycles. The third-order valence-corrected chi connectivity index (χ3v) is 11.2. The monoisotopic (exact) mass is 767 g/mol. The highest BCUT2D eigenvalue weighted by atomic mass is 32.1. The molecule has 1 aliphatic rings. The second-order valence-electron chi connectivity index (χ2n) is 14.9. The van der Waals surface area contributed by atoms with Gasteiger partial charge >= 0.3 is 11.9 Å². The Morgan fingerprint density at radius 1 is 1.07 bits per heavy atom. The minimum absolute atomic E-state index is 0.0778. The molecule has 3 amide bonds. The van der Waals surface area contributed by atoms with Gasteiger partial charge in [0.05, 0.1) is 19.8 Å². The molecule has 1 aromatic heterocycles. The lowest BCUT2D eigenvalue weighted by atomic mass is 9.91. The Balaban J connectivity index is 1.88. The van der Waals surface area contributed by atoms with Crippen LogP contribution in [0.4, 0.5) is 0 Å². The number of phenols is 1. The number of ether oxygens (including phenoxy) is 1. The van der Waals surface area contributed by atoms with Crippen molar-refractivity contribution in [3.63, 3.8) is 0 Å². The van der Waals surface area contributed by atoms with E-state index in [1.807, 2.05) is 39.6 Å². The van der Waals surface area contributed by atoms with Gasteiger partial charge in [-0.25, -0.2) is 4.98 Å². The quantitative estimate of drug-likeness (QED) is 0.109. The predicted octanol–water partition coefficient (Wildman–Crippen LogP) is 4.75. The van der Waals surface area contributed by atoms with Crippen LogP contribution in [0, 0.1) is 17.8 Å². The van der Waals surface area contributed by atoms with Gasteiger partial charge < -0.3 is 30.5 Å². The molecule has 13 nitrogen and oxygen atoms in total. The number of carboxylic acids is 1. The summed E-state index contributed by atoms with van der Waals surface area (Å²) < 4.78 is 5.80. The Hall–Kier alpha value is -3.98. The van der Waals surface area contributed by atoms with Gasteiger partial charge in [0.1, 0.15) is 22.5 Å². The number of carboxylic acid groups (broad SMARTS) is 1. The number of amides is 3. The van der Waals surface area contributed by atoms with Gasteiger partial charge in [-0.2, -0.15) is 0 Å². The highest BCUT2D eigenvalue weighted by Crippen LogP contribution is 2.32. The summed E-state index contributed by atoms with van der Waals surface area (Å²) in [5.74, 6) is -3.40. The Labute approximate surface area is 325 Å². The molecular weight excluding hydrogens is 709 g/mol. The largest absolute Gasteiger partial charge is 0.508 e. The van der Waals surface area contributed by atoms with E-state index < -0.39 is 48.0 Å². The number of likely N-dealkylation sites (N-methyl/N-ethyl adjacent to an activating group) is 1. The van der Waals surface area contributed by atoms with Crippen LogP contribution >= 0.6 is 11.3 Å².